The Morgan fingerprint density at radius 1 is 1.25 bits per heavy atom. The highest BCUT2D eigenvalue weighted by atomic mass is 16.3. The number of carbonyl (C=O) groups excluding carboxylic acids is 1. The van der Waals surface area contributed by atoms with Crippen LogP contribution in [0.25, 0.3) is 0 Å². The van der Waals surface area contributed by atoms with Crippen LogP contribution >= 0.6 is 0 Å². The van der Waals surface area contributed by atoms with Crippen LogP contribution in [0.5, 0.6) is 0 Å². The first-order valence-electron chi connectivity index (χ1n) is 4.32. The predicted molar refractivity (Wildman–Crippen MR) is 48.9 cm³/mol. The molecule has 68 valence electrons. The van der Waals surface area contributed by atoms with Gasteiger partial charge in [-0.1, -0.05) is 19.8 Å². The number of carbonyl (C=O) groups is 1. The molecule has 1 aromatic heterocycles. The summed E-state index contributed by atoms with van der Waals surface area (Å²) in [4.78, 5) is 9.68. The van der Waals surface area contributed by atoms with Crippen LogP contribution in [-0.2, 0) is 4.79 Å². The molecule has 0 unspecified atom stereocenters. The monoisotopic (exact) mass is 168 g/mol. The summed E-state index contributed by atoms with van der Waals surface area (Å²) in [5, 5.41) is 0. The maximum atomic E-state index is 9.68. The molecule has 0 atom stereocenters. The van der Waals surface area contributed by atoms with E-state index < -0.39 is 0 Å². The second kappa shape index (κ2) is 9.95. The third kappa shape index (κ3) is 8.95. The van der Waals surface area contributed by atoms with Crippen LogP contribution in [0.15, 0.2) is 29.1 Å². The Kier molecular flexibility index (Phi) is 9.08. The molecule has 0 bridgehead atoms. The predicted octanol–water partition coefficient (Wildman–Crippen LogP) is 3.05. The molecule has 0 saturated carbocycles. The van der Waals surface area contributed by atoms with Crippen molar-refractivity contribution in [3.8, 4) is 0 Å². The Bertz CT molecular complexity index is 139. The van der Waals surface area contributed by atoms with E-state index in [1.54, 1.807) is 12.5 Å². The Labute approximate surface area is 73.6 Å². The highest BCUT2D eigenvalue weighted by Gasteiger charge is 1.80. The van der Waals surface area contributed by atoms with Gasteiger partial charge in [0.2, 0.25) is 0 Å². The van der Waals surface area contributed by atoms with E-state index in [-0.39, 0.29) is 0 Å². The number of rotatable bonds is 4. The molecule has 0 aliphatic rings. The average molecular weight is 168 g/mol. The van der Waals surface area contributed by atoms with Gasteiger partial charge in [0, 0.05) is 6.42 Å². The molecule has 0 N–H and O–H groups in total. The van der Waals surface area contributed by atoms with Crippen molar-refractivity contribution in [2.45, 2.75) is 32.6 Å². The van der Waals surface area contributed by atoms with Crippen LogP contribution < -0.4 is 0 Å². The van der Waals surface area contributed by atoms with E-state index in [0.717, 1.165) is 19.1 Å². The molecule has 0 aromatic carbocycles. The van der Waals surface area contributed by atoms with Crippen LogP contribution in [0.4, 0.5) is 0 Å². The molecule has 1 heterocycles. The minimum absolute atomic E-state index is 0.744. The van der Waals surface area contributed by atoms with Gasteiger partial charge in [0.25, 0.3) is 0 Å². The van der Waals surface area contributed by atoms with E-state index in [4.69, 9.17) is 0 Å². The van der Waals surface area contributed by atoms with Crippen LogP contribution in [0.3, 0.4) is 0 Å². The van der Waals surface area contributed by atoms with Crippen molar-refractivity contribution in [2.24, 2.45) is 0 Å². The first-order valence-corrected chi connectivity index (χ1v) is 4.32. The average Bonchev–Trinajstić information content (AvgIpc) is 2.62. The molecule has 2 heteroatoms. The number of unbranched alkanes of at least 4 members (excludes halogenated alkanes) is 3. The van der Waals surface area contributed by atoms with Crippen LogP contribution in [0.2, 0.25) is 0 Å². The molecule has 0 spiro atoms. The van der Waals surface area contributed by atoms with Crippen molar-refractivity contribution in [3.63, 3.8) is 0 Å². The van der Waals surface area contributed by atoms with E-state index in [2.05, 4.69) is 11.3 Å². The zero-order chi connectivity index (χ0) is 9.07. The highest BCUT2D eigenvalue weighted by molar-refractivity contribution is 5.48. The molecule has 0 saturated heterocycles. The van der Waals surface area contributed by atoms with Crippen LogP contribution in [0.1, 0.15) is 32.6 Å². The fraction of sp³-hybridized carbons (Fsp3) is 0.500. The number of aldehydes is 1. The summed E-state index contributed by atoms with van der Waals surface area (Å²) in [6.07, 6.45) is 8.44. The first kappa shape index (κ1) is 11.0. The summed E-state index contributed by atoms with van der Waals surface area (Å²) in [6.45, 7) is 2.13. The topological polar surface area (TPSA) is 30.2 Å². The fourth-order valence-corrected chi connectivity index (χ4v) is 0.704. The maximum absolute atomic E-state index is 9.68. The Balaban J connectivity index is 0.000000211. The quantitative estimate of drug-likeness (QED) is 0.511. The van der Waals surface area contributed by atoms with Gasteiger partial charge < -0.3 is 9.21 Å². The Morgan fingerprint density at radius 3 is 2.25 bits per heavy atom. The van der Waals surface area contributed by atoms with Gasteiger partial charge in [-0.15, -0.1) is 0 Å². The van der Waals surface area contributed by atoms with E-state index in [0.29, 0.717) is 0 Å². The summed E-state index contributed by atoms with van der Waals surface area (Å²) >= 11 is 0. The summed E-state index contributed by atoms with van der Waals surface area (Å²) < 4.78 is 4.58. The molecule has 1 rings (SSSR count). The molecule has 0 aliphatic heterocycles. The van der Waals surface area contributed by atoms with Gasteiger partial charge in [-0.2, -0.15) is 0 Å². The minimum Gasteiger partial charge on any atom is -0.473 e. The summed E-state index contributed by atoms with van der Waals surface area (Å²) in [7, 11) is 0. The lowest BCUT2D eigenvalue weighted by Crippen LogP contribution is -1.73. The second-order valence-electron chi connectivity index (χ2n) is 2.46. The highest BCUT2D eigenvalue weighted by Crippen LogP contribution is 1.94. The smallest absolute Gasteiger partial charge is 0.119 e. The summed E-state index contributed by atoms with van der Waals surface area (Å²) in [6, 6.07) is 3.67. The van der Waals surface area contributed by atoms with E-state index >= 15 is 0 Å². The van der Waals surface area contributed by atoms with E-state index in [9.17, 15) is 4.79 Å². The zero-order valence-corrected chi connectivity index (χ0v) is 7.53. The van der Waals surface area contributed by atoms with Crippen LogP contribution in [-0.4, -0.2) is 6.29 Å². The Hall–Kier alpha value is -1.05. The molecular formula is C10H16O2. The SMILES string of the molecule is CCCCCC=O.c1ccoc1. The van der Waals surface area contributed by atoms with Crippen molar-refractivity contribution >= 4 is 6.29 Å². The molecule has 2 nitrogen and oxygen atoms in total. The van der Waals surface area contributed by atoms with Crippen LogP contribution in [0, 0.1) is 0 Å². The lowest BCUT2D eigenvalue weighted by molar-refractivity contribution is -0.107. The maximum Gasteiger partial charge on any atom is 0.119 e. The Morgan fingerprint density at radius 2 is 1.92 bits per heavy atom. The molecule has 0 amide bonds. The molecule has 12 heavy (non-hydrogen) atoms. The first-order chi connectivity index (χ1) is 5.91. The standard InChI is InChI=1S/C6H12O.C4H4O/c1-2-3-4-5-6-7;1-2-4-5-3-1/h6H,2-5H2,1H3;1-4H. The largest absolute Gasteiger partial charge is 0.473 e. The van der Waals surface area contributed by atoms with Gasteiger partial charge in [0.1, 0.15) is 6.29 Å². The normalized spacial score (nSPS) is 8.42. The number of hydrogen-bond donors (Lipinski definition) is 0. The summed E-state index contributed by atoms with van der Waals surface area (Å²) in [5.74, 6) is 0. The molecule has 0 radical (unpaired) electrons. The van der Waals surface area contributed by atoms with Crippen molar-refractivity contribution in [3.05, 3.63) is 24.7 Å². The van der Waals surface area contributed by atoms with Crippen molar-refractivity contribution in [2.75, 3.05) is 0 Å². The van der Waals surface area contributed by atoms with Crippen molar-refractivity contribution in [1.29, 1.82) is 0 Å². The van der Waals surface area contributed by atoms with E-state index in [1.165, 1.54) is 12.8 Å². The van der Waals surface area contributed by atoms with Crippen molar-refractivity contribution < 1.29 is 9.21 Å². The lowest BCUT2D eigenvalue weighted by atomic mass is 10.2. The zero-order valence-electron chi connectivity index (χ0n) is 7.53. The van der Waals surface area contributed by atoms with Gasteiger partial charge in [-0.05, 0) is 18.6 Å². The van der Waals surface area contributed by atoms with Gasteiger partial charge in [-0.25, -0.2) is 0 Å². The van der Waals surface area contributed by atoms with Crippen molar-refractivity contribution in [1.82, 2.24) is 0 Å². The third-order valence-electron chi connectivity index (χ3n) is 1.35. The van der Waals surface area contributed by atoms with Gasteiger partial charge in [0.05, 0.1) is 12.5 Å². The number of hydrogen-bond acceptors (Lipinski definition) is 2. The van der Waals surface area contributed by atoms with Gasteiger partial charge in [-0.3, -0.25) is 0 Å². The minimum atomic E-state index is 0.744. The summed E-state index contributed by atoms with van der Waals surface area (Å²) in [5.41, 5.74) is 0. The molecule has 0 fully saturated rings. The molecular weight excluding hydrogens is 152 g/mol. The van der Waals surface area contributed by atoms with E-state index in [1.807, 2.05) is 12.1 Å². The fourth-order valence-electron chi connectivity index (χ4n) is 0.704. The van der Waals surface area contributed by atoms with Gasteiger partial charge in [0.15, 0.2) is 0 Å². The lowest BCUT2D eigenvalue weighted by Gasteiger charge is -1.85. The second-order valence-corrected chi connectivity index (χ2v) is 2.46. The molecule has 1 aromatic rings. The third-order valence-corrected chi connectivity index (χ3v) is 1.35. The molecule has 0 aliphatic carbocycles. The van der Waals surface area contributed by atoms with Gasteiger partial charge >= 0.3 is 0 Å². The number of furan rings is 1.